The highest BCUT2D eigenvalue weighted by molar-refractivity contribution is 7.20. The Morgan fingerprint density at radius 2 is 2.42 bits per heavy atom. The highest BCUT2D eigenvalue weighted by Crippen LogP contribution is 2.28. The first-order valence-corrected chi connectivity index (χ1v) is 7.92. The molecule has 1 aliphatic heterocycles. The van der Waals surface area contributed by atoms with Crippen LogP contribution >= 0.6 is 22.7 Å². The molecule has 1 N–H and O–H groups in total. The molecule has 4 nitrogen and oxygen atoms in total. The molecule has 6 heteroatoms. The Hall–Kier alpha value is -1.24. The summed E-state index contributed by atoms with van der Waals surface area (Å²) in [7, 11) is 0. The van der Waals surface area contributed by atoms with Crippen LogP contribution in [0.5, 0.6) is 0 Å². The van der Waals surface area contributed by atoms with Gasteiger partial charge in [-0.25, -0.2) is 4.98 Å². The highest BCUT2D eigenvalue weighted by Gasteiger charge is 2.24. The van der Waals surface area contributed by atoms with Crippen molar-refractivity contribution in [3.05, 3.63) is 28.6 Å². The molecule has 0 aromatic carbocycles. The average molecular weight is 294 g/mol. The van der Waals surface area contributed by atoms with E-state index in [1.807, 2.05) is 22.9 Å². The Bertz CT molecular complexity index is 565. The van der Waals surface area contributed by atoms with Crippen LogP contribution in [0.2, 0.25) is 0 Å². The number of hydrogen-bond acceptors (Lipinski definition) is 5. The molecular weight excluding hydrogens is 280 g/mol. The summed E-state index contributed by atoms with van der Waals surface area (Å²) in [5, 5.41) is 14.4. The summed E-state index contributed by atoms with van der Waals surface area (Å²) in [5.41, 5.74) is 0.819. The Kier molecular flexibility index (Phi) is 3.63. The minimum Gasteiger partial charge on any atom is -0.391 e. The molecule has 100 valence electrons. The van der Waals surface area contributed by atoms with Crippen molar-refractivity contribution >= 4 is 28.6 Å². The van der Waals surface area contributed by atoms with Crippen molar-refractivity contribution in [2.75, 3.05) is 13.1 Å². The first-order valence-electron chi connectivity index (χ1n) is 6.16. The number of aromatic nitrogens is 1. The minimum atomic E-state index is -0.360. The molecule has 3 rings (SSSR count). The number of rotatable bonds is 3. The zero-order valence-electron chi connectivity index (χ0n) is 10.3. The van der Waals surface area contributed by atoms with Gasteiger partial charge in [-0.15, -0.1) is 22.7 Å². The van der Waals surface area contributed by atoms with Crippen molar-refractivity contribution in [2.45, 2.75) is 18.9 Å². The first-order chi connectivity index (χ1) is 9.22. The van der Waals surface area contributed by atoms with Gasteiger partial charge >= 0.3 is 0 Å². The zero-order valence-corrected chi connectivity index (χ0v) is 11.9. The van der Waals surface area contributed by atoms with E-state index in [9.17, 15) is 9.90 Å². The maximum Gasteiger partial charge on any atom is 0.228 e. The standard InChI is InChI=1S/C13H14N2O2S2/c16-10-3-4-15(7-10)12(17)6-9-8-19-13(14-9)11-2-1-5-18-11/h1-2,5,8,10,16H,3-4,6-7H2/t10-/m1/s1. The summed E-state index contributed by atoms with van der Waals surface area (Å²) in [6.45, 7) is 1.11. The third-order valence-corrected chi connectivity index (χ3v) is 5.06. The van der Waals surface area contributed by atoms with Gasteiger partial charge < -0.3 is 10.0 Å². The third-order valence-electron chi connectivity index (χ3n) is 3.13. The summed E-state index contributed by atoms with van der Waals surface area (Å²) in [6, 6.07) is 4.03. The number of aliphatic hydroxyl groups excluding tert-OH is 1. The maximum absolute atomic E-state index is 12.0. The largest absolute Gasteiger partial charge is 0.391 e. The van der Waals surface area contributed by atoms with Gasteiger partial charge in [-0.1, -0.05) is 6.07 Å². The number of amides is 1. The second-order valence-electron chi connectivity index (χ2n) is 4.58. The van der Waals surface area contributed by atoms with Gasteiger partial charge in [0.15, 0.2) is 0 Å². The van der Waals surface area contributed by atoms with E-state index in [-0.39, 0.29) is 12.0 Å². The summed E-state index contributed by atoms with van der Waals surface area (Å²) < 4.78 is 0. The molecule has 1 saturated heterocycles. The smallest absolute Gasteiger partial charge is 0.228 e. The van der Waals surface area contributed by atoms with Crippen molar-refractivity contribution < 1.29 is 9.90 Å². The predicted octanol–water partition coefficient (Wildman–Crippen LogP) is 2.01. The van der Waals surface area contributed by atoms with Gasteiger partial charge in [-0.3, -0.25) is 4.79 Å². The molecule has 0 saturated carbocycles. The number of carbonyl (C=O) groups excluding carboxylic acids is 1. The van der Waals surface area contributed by atoms with E-state index in [1.54, 1.807) is 27.6 Å². The topological polar surface area (TPSA) is 53.4 Å². The van der Waals surface area contributed by atoms with E-state index in [4.69, 9.17) is 0 Å². The quantitative estimate of drug-likeness (QED) is 0.942. The number of thiazole rings is 1. The first kappa shape index (κ1) is 12.8. The lowest BCUT2D eigenvalue weighted by atomic mass is 10.3. The van der Waals surface area contributed by atoms with Gasteiger partial charge in [0.25, 0.3) is 0 Å². The molecule has 1 atom stereocenters. The third kappa shape index (κ3) is 2.86. The molecule has 1 amide bonds. The number of likely N-dealkylation sites (tertiary alicyclic amines) is 1. The number of nitrogens with zero attached hydrogens (tertiary/aromatic N) is 2. The fraction of sp³-hybridized carbons (Fsp3) is 0.385. The monoisotopic (exact) mass is 294 g/mol. The Morgan fingerprint density at radius 1 is 1.53 bits per heavy atom. The normalized spacial score (nSPS) is 19.0. The summed E-state index contributed by atoms with van der Waals surface area (Å²) in [4.78, 5) is 19.4. The molecule has 2 aromatic rings. The average Bonchev–Trinajstić information content (AvgIpc) is 3.07. The molecule has 1 aliphatic rings. The Labute approximate surface area is 119 Å². The lowest BCUT2D eigenvalue weighted by molar-refractivity contribution is -0.129. The lowest BCUT2D eigenvalue weighted by Gasteiger charge is -2.14. The van der Waals surface area contributed by atoms with E-state index in [2.05, 4.69) is 4.98 Å². The fourth-order valence-electron chi connectivity index (χ4n) is 2.14. The van der Waals surface area contributed by atoms with E-state index in [0.717, 1.165) is 15.6 Å². The molecule has 0 aliphatic carbocycles. The predicted molar refractivity (Wildman–Crippen MR) is 76.3 cm³/mol. The summed E-state index contributed by atoms with van der Waals surface area (Å²) >= 11 is 3.22. The van der Waals surface area contributed by atoms with Crippen LogP contribution in [0.4, 0.5) is 0 Å². The molecule has 0 spiro atoms. The van der Waals surface area contributed by atoms with Crippen LogP contribution in [0.1, 0.15) is 12.1 Å². The minimum absolute atomic E-state index is 0.0552. The molecule has 0 unspecified atom stereocenters. The van der Waals surface area contributed by atoms with Crippen molar-refractivity contribution in [1.29, 1.82) is 0 Å². The van der Waals surface area contributed by atoms with Gasteiger partial charge in [-0.05, 0) is 17.9 Å². The molecule has 19 heavy (non-hydrogen) atoms. The number of thiophene rings is 1. The number of aliphatic hydroxyl groups is 1. The SMILES string of the molecule is O=C(Cc1csc(-c2cccs2)n1)N1CC[C@@H](O)C1. The second-order valence-corrected chi connectivity index (χ2v) is 6.39. The van der Waals surface area contributed by atoms with E-state index in [0.29, 0.717) is 25.9 Å². The van der Waals surface area contributed by atoms with Crippen LogP contribution in [0, 0.1) is 0 Å². The maximum atomic E-state index is 12.0. The lowest BCUT2D eigenvalue weighted by Crippen LogP contribution is -2.30. The fourth-order valence-corrected chi connectivity index (χ4v) is 3.77. The van der Waals surface area contributed by atoms with E-state index >= 15 is 0 Å². The van der Waals surface area contributed by atoms with E-state index < -0.39 is 0 Å². The van der Waals surface area contributed by atoms with Crippen LogP contribution in [0.3, 0.4) is 0 Å². The van der Waals surface area contributed by atoms with Crippen LogP contribution in [-0.4, -0.2) is 40.1 Å². The highest BCUT2D eigenvalue weighted by atomic mass is 32.1. The van der Waals surface area contributed by atoms with Crippen molar-refractivity contribution in [2.24, 2.45) is 0 Å². The number of hydrogen-bond donors (Lipinski definition) is 1. The van der Waals surface area contributed by atoms with Crippen LogP contribution in [0.25, 0.3) is 9.88 Å². The van der Waals surface area contributed by atoms with Gasteiger partial charge in [0.2, 0.25) is 5.91 Å². The van der Waals surface area contributed by atoms with Crippen molar-refractivity contribution in [1.82, 2.24) is 9.88 Å². The molecular formula is C13H14N2O2S2. The van der Waals surface area contributed by atoms with Gasteiger partial charge in [0.05, 0.1) is 23.1 Å². The van der Waals surface area contributed by atoms with E-state index in [1.165, 1.54) is 0 Å². The Balaban J connectivity index is 1.66. The van der Waals surface area contributed by atoms with Crippen LogP contribution in [0.15, 0.2) is 22.9 Å². The summed E-state index contributed by atoms with van der Waals surface area (Å²) in [6.07, 6.45) is 0.652. The molecule has 0 bridgehead atoms. The van der Waals surface area contributed by atoms with Gasteiger partial charge in [-0.2, -0.15) is 0 Å². The van der Waals surface area contributed by atoms with Gasteiger partial charge in [0, 0.05) is 18.5 Å². The number of carbonyl (C=O) groups is 1. The summed E-state index contributed by atoms with van der Waals surface area (Å²) in [5.74, 6) is 0.0552. The molecule has 0 radical (unpaired) electrons. The van der Waals surface area contributed by atoms with Crippen LogP contribution in [-0.2, 0) is 11.2 Å². The Morgan fingerprint density at radius 3 is 3.11 bits per heavy atom. The molecule has 3 heterocycles. The van der Waals surface area contributed by atoms with Gasteiger partial charge in [0.1, 0.15) is 5.01 Å². The molecule has 2 aromatic heterocycles. The zero-order chi connectivity index (χ0) is 13.2. The molecule has 1 fully saturated rings. The van der Waals surface area contributed by atoms with Crippen molar-refractivity contribution in [3.8, 4) is 9.88 Å². The second kappa shape index (κ2) is 5.40. The van der Waals surface area contributed by atoms with Crippen molar-refractivity contribution in [3.63, 3.8) is 0 Å². The van der Waals surface area contributed by atoms with Crippen LogP contribution < -0.4 is 0 Å². The number of β-amino-alcohol motifs (C(OH)–C–C–N with tert-alkyl or cyclic N) is 1.